The van der Waals surface area contributed by atoms with E-state index in [9.17, 15) is 4.79 Å². The first-order chi connectivity index (χ1) is 24.5. The highest BCUT2D eigenvalue weighted by molar-refractivity contribution is 5.69. The SMILES string of the molecule is CCCCCC(CCCCC)CCCCCCCCCCC(CCCCCCCCC(=O)OCCC(CCCCC)CCCCC)CN(C)C. The number of esters is 1. The molecule has 3 heteroatoms. The van der Waals surface area contributed by atoms with Gasteiger partial charge in [-0.2, -0.15) is 0 Å². The molecule has 0 aromatic rings. The first-order valence-corrected chi connectivity index (χ1v) is 23.3. The lowest BCUT2D eigenvalue weighted by Gasteiger charge is -2.21. The lowest BCUT2D eigenvalue weighted by molar-refractivity contribution is -0.144. The second-order valence-electron chi connectivity index (χ2n) is 16.9. The van der Waals surface area contributed by atoms with E-state index in [1.807, 2.05) is 0 Å². The summed E-state index contributed by atoms with van der Waals surface area (Å²) < 4.78 is 5.65. The molecule has 1 unspecified atom stereocenters. The Labute approximate surface area is 317 Å². The van der Waals surface area contributed by atoms with Gasteiger partial charge in [-0.1, -0.05) is 220 Å². The smallest absolute Gasteiger partial charge is 0.305 e. The zero-order valence-electron chi connectivity index (χ0n) is 35.7. The van der Waals surface area contributed by atoms with Crippen molar-refractivity contribution in [1.82, 2.24) is 4.90 Å². The molecule has 0 aromatic carbocycles. The summed E-state index contributed by atoms with van der Waals surface area (Å²) in [6, 6.07) is 0. The van der Waals surface area contributed by atoms with E-state index in [1.165, 1.54) is 212 Å². The molecule has 50 heavy (non-hydrogen) atoms. The van der Waals surface area contributed by atoms with Crippen LogP contribution in [-0.4, -0.2) is 38.1 Å². The van der Waals surface area contributed by atoms with Crippen LogP contribution in [0.4, 0.5) is 0 Å². The fourth-order valence-corrected chi connectivity index (χ4v) is 8.19. The Bertz CT molecular complexity index is 644. The zero-order valence-corrected chi connectivity index (χ0v) is 35.7. The van der Waals surface area contributed by atoms with E-state index < -0.39 is 0 Å². The Morgan fingerprint density at radius 2 is 0.700 bits per heavy atom. The molecule has 0 fully saturated rings. The van der Waals surface area contributed by atoms with E-state index in [0.29, 0.717) is 13.0 Å². The van der Waals surface area contributed by atoms with Gasteiger partial charge in [0.15, 0.2) is 0 Å². The summed E-state index contributed by atoms with van der Waals surface area (Å²) in [6.07, 6.45) is 47.1. The quantitative estimate of drug-likeness (QED) is 0.0468. The van der Waals surface area contributed by atoms with Gasteiger partial charge in [0.2, 0.25) is 0 Å². The molecule has 0 saturated carbocycles. The van der Waals surface area contributed by atoms with Crippen molar-refractivity contribution in [2.24, 2.45) is 17.8 Å². The topological polar surface area (TPSA) is 29.5 Å². The second-order valence-corrected chi connectivity index (χ2v) is 16.9. The minimum Gasteiger partial charge on any atom is -0.466 e. The first kappa shape index (κ1) is 49.4. The van der Waals surface area contributed by atoms with Gasteiger partial charge in [0.1, 0.15) is 0 Å². The monoisotopic (exact) mass is 706 g/mol. The average Bonchev–Trinajstić information content (AvgIpc) is 3.09. The molecule has 0 radical (unpaired) electrons. The van der Waals surface area contributed by atoms with Gasteiger partial charge in [0.25, 0.3) is 0 Å². The molecule has 0 aliphatic carbocycles. The Balaban J connectivity index is 3.89. The van der Waals surface area contributed by atoms with Crippen LogP contribution >= 0.6 is 0 Å². The molecule has 0 heterocycles. The number of unbranched alkanes of at least 4 members (excludes halogenated alkanes) is 20. The number of hydrogen-bond donors (Lipinski definition) is 0. The molecule has 0 amide bonds. The molecule has 0 aliphatic heterocycles. The van der Waals surface area contributed by atoms with Crippen LogP contribution in [0.25, 0.3) is 0 Å². The lowest BCUT2D eigenvalue weighted by Crippen LogP contribution is -2.21. The van der Waals surface area contributed by atoms with Crippen LogP contribution in [0.3, 0.4) is 0 Å². The van der Waals surface area contributed by atoms with Crippen LogP contribution < -0.4 is 0 Å². The van der Waals surface area contributed by atoms with Gasteiger partial charge in [-0.25, -0.2) is 0 Å². The highest BCUT2D eigenvalue weighted by Crippen LogP contribution is 2.25. The van der Waals surface area contributed by atoms with Gasteiger partial charge in [0.05, 0.1) is 6.61 Å². The van der Waals surface area contributed by atoms with E-state index in [1.54, 1.807) is 0 Å². The van der Waals surface area contributed by atoms with Crippen molar-refractivity contribution in [2.45, 2.75) is 252 Å². The summed E-state index contributed by atoms with van der Waals surface area (Å²) in [5, 5.41) is 0. The number of nitrogens with zero attached hydrogens (tertiary/aromatic N) is 1. The van der Waals surface area contributed by atoms with Crippen molar-refractivity contribution >= 4 is 5.97 Å². The number of carbonyl (C=O) groups is 1. The fraction of sp³-hybridized carbons (Fsp3) is 0.979. The second kappa shape index (κ2) is 39.6. The van der Waals surface area contributed by atoms with Gasteiger partial charge in [-0.15, -0.1) is 0 Å². The van der Waals surface area contributed by atoms with Gasteiger partial charge in [0, 0.05) is 13.0 Å². The molecule has 300 valence electrons. The molecule has 0 aliphatic rings. The molecule has 0 aromatic heterocycles. The molecule has 1 atom stereocenters. The van der Waals surface area contributed by atoms with E-state index in [-0.39, 0.29) is 5.97 Å². The summed E-state index contributed by atoms with van der Waals surface area (Å²) in [5.41, 5.74) is 0. The molecule has 0 N–H and O–H groups in total. The van der Waals surface area contributed by atoms with Crippen molar-refractivity contribution < 1.29 is 9.53 Å². The molecule has 3 nitrogen and oxygen atoms in total. The lowest BCUT2D eigenvalue weighted by atomic mass is 9.90. The third-order valence-corrected chi connectivity index (χ3v) is 11.5. The fourth-order valence-electron chi connectivity index (χ4n) is 8.19. The summed E-state index contributed by atoms with van der Waals surface area (Å²) in [5.74, 6) is 2.65. The first-order valence-electron chi connectivity index (χ1n) is 23.3. The zero-order chi connectivity index (χ0) is 36.8. The van der Waals surface area contributed by atoms with E-state index in [4.69, 9.17) is 4.74 Å². The van der Waals surface area contributed by atoms with Crippen LogP contribution in [0.2, 0.25) is 0 Å². The van der Waals surface area contributed by atoms with E-state index in [2.05, 4.69) is 46.7 Å². The number of ether oxygens (including phenoxy) is 1. The van der Waals surface area contributed by atoms with Crippen molar-refractivity contribution in [2.75, 3.05) is 27.2 Å². The molecular formula is C47H95NO2. The molecule has 0 bridgehead atoms. The minimum atomic E-state index is 0.0343. The average molecular weight is 706 g/mol. The molecule has 0 spiro atoms. The minimum absolute atomic E-state index is 0.0343. The third kappa shape index (κ3) is 35.8. The highest BCUT2D eigenvalue weighted by atomic mass is 16.5. The highest BCUT2D eigenvalue weighted by Gasteiger charge is 2.12. The molecular weight excluding hydrogens is 611 g/mol. The van der Waals surface area contributed by atoms with Gasteiger partial charge in [-0.3, -0.25) is 4.79 Å². The summed E-state index contributed by atoms with van der Waals surface area (Å²) in [4.78, 5) is 14.7. The largest absolute Gasteiger partial charge is 0.466 e. The van der Waals surface area contributed by atoms with E-state index in [0.717, 1.165) is 30.6 Å². The Morgan fingerprint density at radius 1 is 0.400 bits per heavy atom. The van der Waals surface area contributed by atoms with Crippen LogP contribution in [0.15, 0.2) is 0 Å². The Kier molecular flexibility index (Phi) is 39.2. The van der Waals surface area contributed by atoms with Crippen LogP contribution in [0.1, 0.15) is 252 Å². The van der Waals surface area contributed by atoms with Gasteiger partial charge < -0.3 is 9.64 Å². The van der Waals surface area contributed by atoms with E-state index >= 15 is 0 Å². The molecule has 0 rings (SSSR count). The Hall–Kier alpha value is -0.570. The maximum Gasteiger partial charge on any atom is 0.305 e. The summed E-state index contributed by atoms with van der Waals surface area (Å²) in [7, 11) is 4.49. The van der Waals surface area contributed by atoms with Crippen LogP contribution in [0, 0.1) is 17.8 Å². The maximum absolute atomic E-state index is 12.3. The van der Waals surface area contributed by atoms with Crippen molar-refractivity contribution in [3.05, 3.63) is 0 Å². The standard InChI is InChI=1S/C47H95NO2/c1-7-11-25-33-44(34-26-12-8-2)37-29-21-17-15-16-18-22-30-38-46(43-48(5)6)39-31-23-19-20-24-32-40-47(49)50-42-41-45(35-27-13-9-3)36-28-14-10-4/h44-46H,7-43H2,1-6H3. The Morgan fingerprint density at radius 3 is 1.06 bits per heavy atom. The number of rotatable bonds is 41. The number of carbonyl (C=O) groups excluding carboxylic acids is 1. The van der Waals surface area contributed by atoms with Crippen LogP contribution in [0.5, 0.6) is 0 Å². The van der Waals surface area contributed by atoms with Crippen molar-refractivity contribution in [3.8, 4) is 0 Å². The molecule has 0 saturated heterocycles. The van der Waals surface area contributed by atoms with Gasteiger partial charge in [-0.05, 0) is 57.5 Å². The summed E-state index contributed by atoms with van der Waals surface area (Å²) >= 11 is 0. The third-order valence-electron chi connectivity index (χ3n) is 11.5. The van der Waals surface area contributed by atoms with Gasteiger partial charge >= 0.3 is 5.97 Å². The van der Waals surface area contributed by atoms with Crippen molar-refractivity contribution in [3.63, 3.8) is 0 Å². The summed E-state index contributed by atoms with van der Waals surface area (Å²) in [6.45, 7) is 11.1. The predicted octanol–water partition coefficient (Wildman–Crippen LogP) is 15.7. The number of hydrogen-bond acceptors (Lipinski definition) is 3. The predicted molar refractivity (Wildman–Crippen MR) is 224 cm³/mol. The van der Waals surface area contributed by atoms with Crippen molar-refractivity contribution in [1.29, 1.82) is 0 Å². The normalized spacial score (nSPS) is 12.5. The maximum atomic E-state index is 12.3. The van der Waals surface area contributed by atoms with Crippen LogP contribution in [-0.2, 0) is 9.53 Å².